The van der Waals surface area contributed by atoms with Crippen LogP contribution in [0.2, 0.25) is 0 Å². The lowest BCUT2D eigenvalue weighted by Gasteiger charge is -2.29. The van der Waals surface area contributed by atoms with Gasteiger partial charge in [-0.3, -0.25) is 4.79 Å². The summed E-state index contributed by atoms with van der Waals surface area (Å²) in [5.74, 6) is 0.729. The van der Waals surface area contributed by atoms with E-state index in [4.69, 9.17) is 5.73 Å². The molecule has 5 heteroatoms. The summed E-state index contributed by atoms with van der Waals surface area (Å²) in [4.78, 5) is 15.1. The summed E-state index contributed by atoms with van der Waals surface area (Å²) in [5.41, 5.74) is 7.76. The number of thioether (sulfide) groups is 1. The van der Waals surface area contributed by atoms with E-state index in [2.05, 4.69) is 11.4 Å². The smallest absolute Gasteiger partial charge is 0.237 e. The van der Waals surface area contributed by atoms with Gasteiger partial charge in [-0.05, 0) is 37.7 Å². The highest BCUT2D eigenvalue weighted by molar-refractivity contribution is 8.00. The van der Waals surface area contributed by atoms with Gasteiger partial charge in [0, 0.05) is 18.0 Å². The lowest BCUT2D eigenvalue weighted by Crippen LogP contribution is -2.37. The maximum atomic E-state index is 12.0. The molecule has 1 aromatic carbocycles. The van der Waals surface area contributed by atoms with Gasteiger partial charge in [-0.1, -0.05) is 6.07 Å². The maximum Gasteiger partial charge on any atom is 0.237 e. The normalized spacial score (nSPS) is 14.8. The summed E-state index contributed by atoms with van der Waals surface area (Å²) < 4.78 is 0. The summed E-state index contributed by atoms with van der Waals surface area (Å²) in [7, 11) is 1.92. The van der Waals surface area contributed by atoms with E-state index in [1.807, 2.05) is 24.1 Å². The number of rotatable bonds is 5. The fraction of sp³-hybridized carbons (Fsp3) is 0.462. The monoisotopic (exact) mass is 265 g/mol. The summed E-state index contributed by atoms with van der Waals surface area (Å²) in [6.45, 7) is 2.20. The Balaban J connectivity index is 2.21. The molecule has 0 atom stereocenters. The Morgan fingerprint density at radius 3 is 3.06 bits per heavy atom. The number of carbonyl (C=O) groups excluding carboxylic acids is 1. The highest BCUT2D eigenvalue weighted by Crippen LogP contribution is 2.35. The molecule has 0 radical (unpaired) electrons. The molecule has 0 unspecified atom stereocenters. The average molecular weight is 265 g/mol. The van der Waals surface area contributed by atoms with Gasteiger partial charge in [0.2, 0.25) is 5.91 Å². The molecule has 0 saturated heterocycles. The van der Waals surface area contributed by atoms with E-state index in [0.717, 1.165) is 30.8 Å². The van der Waals surface area contributed by atoms with Crippen LogP contribution >= 0.6 is 11.8 Å². The van der Waals surface area contributed by atoms with Gasteiger partial charge in [0.25, 0.3) is 0 Å². The number of nitrogens with two attached hydrogens (primary N) is 1. The van der Waals surface area contributed by atoms with E-state index in [9.17, 15) is 4.79 Å². The van der Waals surface area contributed by atoms with Crippen LogP contribution in [-0.2, 0) is 11.3 Å². The van der Waals surface area contributed by atoms with Crippen molar-refractivity contribution in [2.75, 3.05) is 30.8 Å². The molecular formula is C13H19N3OS. The minimum Gasteiger partial charge on any atom is -0.326 e. The van der Waals surface area contributed by atoms with Gasteiger partial charge >= 0.3 is 0 Å². The Hall–Kier alpha value is -1.04. The average Bonchev–Trinajstić information content (AvgIpc) is 2.41. The fourth-order valence-corrected chi connectivity index (χ4v) is 2.95. The van der Waals surface area contributed by atoms with Crippen LogP contribution in [0.5, 0.6) is 0 Å². The first-order chi connectivity index (χ1) is 8.76. The molecule has 0 spiro atoms. The van der Waals surface area contributed by atoms with E-state index in [1.54, 1.807) is 11.8 Å². The number of nitrogens with one attached hydrogen (secondary N) is 1. The molecular weight excluding hydrogens is 246 g/mol. The van der Waals surface area contributed by atoms with Gasteiger partial charge in [-0.25, -0.2) is 0 Å². The van der Waals surface area contributed by atoms with E-state index >= 15 is 0 Å². The van der Waals surface area contributed by atoms with E-state index in [0.29, 0.717) is 12.3 Å². The number of amides is 1. The summed E-state index contributed by atoms with van der Waals surface area (Å²) in [6.07, 6.45) is 0.958. The Bertz CT molecular complexity index is 436. The largest absolute Gasteiger partial charge is 0.326 e. The van der Waals surface area contributed by atoms with Gasteiger partial charge < -0.3 is 16.0 Å². The third kappa shape index (κ3) is 2.85. The van der Waals surface area contributed by atoms with Crippen LogP contribution in [0.25, 0.3) is 0 Å². The summed E-state index contributed by atoms with van der Waals surface area (Å²) >= 11 is 1.61. The number of hydrogen-bond acceptors (Lipinski definition) is 4. The third-order valence-electron chi connectivity index (χ3n) is 3.01. The van der Waals surface area contributed by atoms with Crippen LogP contribution in [0.3, 0.4) is 0 Å². The fourth-order valence-electron chi connectivity index (χ4n) is 2.03. The van der Waals surface area contributed by atoms with Crippen molar-refractivity contribution < 1.29 is 4.79 Å². The molecule has 0 saturated carbocycles. The highest BCUT2D eigenvalue weighted by Gasteiger charge is 2.24. The number of fused-ring (bicyclic) bond motifs is 1. The van der Waals surface area contributed by atoms with Crippen LogP contribution in [-0.4, -0.2) is 31.8 Å². The molecule has 1 aromatic rings. The minimum absolute atomic E-state index is 0.192. The lowest BCUT2D eigenvalue weighted by atomic mass is 10.1. The van der Waals surface area contributed by atoms with Gasteiger partial charge in [-0.15, -0.1) is 11.8 Å². The highest BCUT2D eigenvalue weighted by atomic mass is 32.2. The van der Waals surface area contributed by atoms with Crippen molar-refractivity contribution >= 4 is 23.4 Å². The minimum atomic E-state index is 0.192. The molecule has 0 aliphatic carbocycles. The van der Waals surface area contributed by atoms with Crippen LogP contribution < -0.4 is 16.0 Å². The number of hydrogen-bond donors (Lipinski definition) is 2. The zero-order valence-corrected chi connectivity index (χ0v) is 11.4. The molecule has 0 fully saturated rings. The molecule has 3 N–H and O–H groups in total. The van der Waals surface area contributed by atoms with Crippen molar-refractivity contribution in [3.8, 4) is 0 Å². The van der Waals surface area contributed by atoms with Crippen molar-refractivity contribution in [3.63, 3.8) is 0 Å². The molecule has 1 aliphatic rings. The van der Waals surface area contributed by atoms with Crippen molar-refractivity contribution in [1.82, 2.24) is 5.32 Å². The summed E-state index contributed by atoms with van der Waals surface area (Å²) in [5, 5.41) is 3.11. The Kier molecular flexibility index (Phi) is 4.63. The van der Waals surface area contributed by atoms with Crippen molar-refractivity contribution in [1.29, 1.82) is 0 Å². The molecule has 0 aromatic heterocycles. The second kappa shape index (κ2) is 6.22. The number of carbonyl (C=O) groups is 1. The first-order valence-electron chi connectivity index (χ1n) is 6.17. The molecule has 98 valence electrons. The Morgan fingerprint density at radius 1 is 1.50 bits per heavy atom. The van der Waals surface area contributed by atoms with Gasteiger partial charge in [0.05, 0.1) is 11.4 Å². The number of nitrogens with zero attached hydrogens (tertiary/aromatic N) is 1. The van der Waals surface area contributed by atoms with Crippen LogP contribution in [0.15, 0.2) is 23.1 Å². The molecule has 1 heterocycles. The SMILES string of the molecule is CNCCCN1C(=O)CSc2ccc(CN)cc21. The zero-order chi connectivity index (χ0) is 13.0. The quantitative estimate of drug-likeness (QED) is 0.785. The van der Waals surface area contributed by atoms with Crippen molar-refractivity contribution in [3.05, 3.63) is 23.8 Å². The number of benzene rings is 1. The predicted molar refractivity (Wildman–Crippen MR) is 76.0 cm³/mol. The standard InChI is InChI=1S/C13H19N3OS/c1-15-5-2-6-16-11-7-10(8-14)3-4-12(11)18-9-13(16)17/h3-4,7,15H,2,5-6,8-9,14H2,1H3. The second-order valence-corrected chi connectivity index (χ2v) is 5.31. The van der Waals surface area contributed by atoms with Crippen LogP contribution in [0.4, 0.5) is 5.69 Å². The second-order valence-electron chi connectivity index (χ2n) is 4.30. The topological polar surface area (TPSA) is 58.4 Å². The third-order valence-corrected chi connectivity index (χ3v) is 4.06. The first kappa shape index (κ1) is 13.4. The van der Waals surface area contributed by atoms with Crippen molar-refractivity contribution in [2.24, 2.45) is 5.73 Å². The molecule has 0 bridgehead atoms. The molecule has 2 rings (SSSR count). The predicted octanol–water partition coefficient (Wildman–Crippen LogP) is 1.19. The lowest BCUT2D eigenvalue weighted by molar-refractivity contribution is -0.116. The number of anilines is 1. The molecule has 1 aliphatic heterocycles. The molecule has 18 heavy (non-hydrogen) atoms. The van der Waals surface area contributed by atoms with E-state index in [1.165, 1.54) is 4.90 Å². The van der Waals surface area contributed by atoms with Crippen LogP contribution in [0, 0.1) is 0 Å². The maximum absolute atomic E-state index is 12.0. The summed E-state index contributed by atoms with van der Waals surface area (Å²) in [6, 6.07) is 6.14. The van der Waals surface area contributed by atoms with Crippen LogP contribution in [0.1, 0.15) is 12.0 Å². The van der Waals surface area contributed by atoms with E-state index in [-0.39, 0.29) is 5.91 Å². The Morgan fingerprint density at radius 2 is 2.33 bits per heavy atom. The first-order valence-corrected chi connectivity index (χ1v) is 7.15. The van der Waals surface area contributed by atoms with Gasteiger partial charge in [0.15, 0.2) is 0 Å². The Labute approximate surface area is 112 Å². The molecule has 1 amide bonds. The molecule has 4 nitrogen and oxygen atoms in total. The van der Waals surface area contributed by atoms with Crippen molar-refractivity contribution in [2.45, 2.75) is 17.9 Å². The van der Waals surface area contributed by atoms with Gasteiger partial charge in [0.1, 0.15) is 0 Å². The van der Waals surface area contributed by atoms with E-state index < -0.39 is 0 Å². The zero-order valence-electron chi connectivity index (χ0n) is 10.6. The van der Waals surface area contributed by atoms with Gasteiger partial charge in [-0.2, -0.15) is 0 Å².